The van der Waals surface area contributed by atoms with Gasteiger partial charge >= 0.3 is 6.03 Å². The number of fused-ring (bicyclic) bond motifs is 1. The van der Waals surface area contributed by atoms with Crippen molar-refractivity contribution in [1.82, 2.24) is 29.8 Å². The van der Waals surface area contributed by atoms with Gasteiger partial charge < -0.3 is 15.4 Å². The van der Waals surface area contributed by atoms with Crippen LogP contribution in [0.25, 0.3) is 5.65 Å². The lowest BCUT2D eigenvalue weighted by molar-refractivity contribution is 0.0167. The fourth-order valence-electron chi connectivity index (χ4n) is 3.24. The number of amides is 2. The maximum absolute atomic E-state index is 12.5. The van der Waals surface area contributed by atoms with Crippen LogP contribution in [-0.4, -0.2) is 63.4 Å². The Morgan fingerprint density at radius 3 is 2.85 bits per heavy atom. The monoisotopic (exact) mass is 367 g/mol. The van der Waals surface area contributed by atoms with Crippen LogP contribution in [0.1, 0.15) is 11.6 Å². The molecule has 9 heteroatoms. The zero-order chi connectivity index (χ0) is 18.5. The SMILES string of the molecule is O=C(NC[C@H](c1ccncc1)N1CCOCC1)Nc1cccn2cnnc12. The van der Waals surface area contributed by atoms with Gasteiger partial charge in [-0.25, -0.2) is 4.79 Å². The van der Waals surface area contributed by atoms with Gasteiger partial charge in [0.2, 0.25) is 0 Å². The molecule has 4 heterocycles. The second-order valence-electron chi connectivity index (χ2n) is 6.26. The third kappa shape index (κ3) is 4.04. The lowest BCUT2D eigenvalue weighted by Gasteiger charge is -2.34. The Morgan fingerprint density at radius 1 is 1.22 bits per heavy atom. The molecular formula is C18H21N7O2. The summed E-state index contributed by atoms with van der Waals surface area (Å²) < 4.78 is 7.21. The average molecular weight is 367 g/mol. The molecule has 140 valence electrons. The van der Waals surface area contributed by atoms with E-state index in [4.69, 9.17) is 4.74 Å². The minimum absolute atomic E-state index is 0.0616. The summed E-state index contributed by atoms with van der Waals surface area (Å²) in [5.41, 5.74) is 2.33. The normalized spacial score (nSPS) is 16.1. The van der Waals surface area contributed by atoms with E-state index in [0.29, 0.717) is 31.1 Å². The zero-order valence-electron chi connectivity index (χ0n) is 14.8. The highest BCUT2D eigenvalue weighted by molar-refractivity contribution is 5.92. The molecule has 0 aromatic carbocycles. The third-order valence-corrected chi connectivity index (χ3v) is 4.61. The predicted octanol–water partition coefficient (Wildman–Crippen LogP) is 1.32. The summed E-state index contributed by atoms with van der Waals surface area (Å²) >= 11 is 0. The smallest absolute Gasteiger partial charge is 0.319 e. The molecule has 9 nitrogen and oxygen atoms in total. The van der Waals surface area contributed by atoms with Crippen LogP contribution in [0.2, 0.25) is 0 Å². The maximum Gasteiger partial charge on any atom is 0.319 e. The van der Waals surface area contributed by atoms with Gasteiger partial charge in [-0.1, -0.05) is 0 Å². The molecule has 1 saturated heterocycles. The van der Waals surface area contributed by atoms with E-state index in [2.05, 4.69) is 30.7 Å². The Morgan fingerprint density at radius 2 is 2.04 bits per heavy atom. The van der Waals surface area contributed by atoms with Crippen LogP contribution in [0.15, 0.2) is 49.2 Å². The molecule has 0 bridgehead atoms. The topological polar surface area (TPSA) is 96.7 Å². The lowest BCUT2D eigenvalue weighted by Crippen LogP contribution is -2.44. The number of nitrogens with one attached hydrogen (secondary N) is 2. The summed E-state index contributed by atoms with van der Waals surface area (Å²) in [5, 5.41) is 13.7. The second-order valence-corrected chi connectivity index (χ2v) is 6.26. The number of rotatable bonds is 5. The van der Waals surface area contributed by atoms with Crippen molar-refractivity contribution in [1.29, 1.82) is 0 Å². The molecular weight excluding hydrogens is 346 g/mol. The van der Waals surface area contributed by atoms with E-state index in [1.54, 1.807) is 29.2 Å². The lowest BCUT2D eigenvalue weighted by atomic mass is 10.1. The van der Waals surface area contributed by atoms with Crippen molar-refractivity contribution in [3.63, 3.8) is 0 Å². The molecule has 4 rings (SSSR count). The van der Waals surface area contributed by atoms with Gasteiger partial charge in [0, 0.05) is 38.2 Å². The van der Waals surface area contributed by atoms with Gasteiger partial charge in [0.1, 0.15) is 6.33 Å². The number of morpholine rings is 1. The molecule has 1 aliphatic rings. The first-order valence-corrected chi connectivity index (χ1v) is 8.86. The Kier molecular flexibility index (Phi) is 5.22. The van der Waals surface area contributed by atoms with Crippen molar-refractivity contribution in [2.45, 2.75) is 6.04 Å². The predicted molar refractivity (Wildman–Crippen MR) is 99.4 cm³/mol. The van der Waals surface area contributed by atoms with Gasteiger partial charge in [0.25, 0.3) is 0 Å². The number of hydrogen-bond donors (Lipinski definition) is 2. The Bertz CT molecular complexity index is 893. The first-order chi connectivity index (χ1) is 13.3. The van der Waals surface area contributed by atoms with Crippen molar-refractivity contribution in [3.8, 4) is 0 Å². The van der Waals surface area contributed by atoms with Crippen LogP contribution in [0.4, 0.5) is 10.5 Å². The Hall–Kier alpha value is -3.04. The van der Waals surface area contributed by atoms with Crippen molar-refractivity contribution in [2.75, 3.05) is 38.2 Å². The number of carbonyl (C=O) groups is 1. The fourth-order valence-corrected chi connectivity index (χ4v) is 3.24. The van der Waals surface area contributed by atoms with Crippen molar-refractivity contribution >= 4 is 17.4 Å². The van der Waals surface area contributed by atoms with E-state index in [-0.39, 0.29) is 12.1 Å². The van der Waals surface area contributed by atoms with Crippen LogP contribution >= 0.6 is 0 Å². The molecule has 2 amide bonds. The average Bonchev–Trinajstić information content (AvgIpc) is 3.20. The largest absolute Gasteiger partial charge is 0.379 e. The number of pyridine rings is 2. The third-order valence-electron chi connectivity index (χ3n) is 4.61. The fraction of sp³-hybridized carbons (Fsp3) is 0.333. The van der Waals surface area contributed by atoms with E-state index in [1.165, 1.54) is 0 Å². The molecule has 2 N–H and O–H groups in total. The molecule has 0 aliphatic carbocycles. The van der Waals surface area contributed by atoms with E-state index in [0.717, 1.165) is 18.7 Å². The number of hydrogen-bond acceptors (Lipinski definition) is 6. The van der Waals surface area contributed by atoms with Crippen molar-refractivity contribution in [3.05, 3.63) is 54.7 Å². The van der Waals surface area contributed by atoms with Gasteiger partial charge in [-0.2, -0.15) is 0 Å². The first-order valence-electron chi connectivity index (χ1n) is 8.86. The summed E-state index contributed by atoms with van der Waals surface area (Å²) in [5.74, 6) is 0. The van der Waals surface area contributed by atoms with Gasteiger partial charge in [0.15, 0.2) is 5.65 Å². The molecule has 27 heavy (non-hydrogen) atoms. The summed E-state index contributed by atoms with van der Waals surface area (Å²) in [6.45, 7) is 3.53. The number of ether oxygens (including phenoxy) is 1. The summed E-state index contributed by atoms with van der Waals surface area (Å²) in [6.07, 6.45) is 6.97. The number of anilines is 1. The second kappa shape index (κ2) is 8.11. The summed E-state index contributed by atoms with van der Waals surface area (Å²) in [6, 6.07) is 7.38. The summed E-state index contributed by atoms with van der Waals surface area (Å²) in [7, 11) is 0. The minimum Gasteiger partial charge on any atom is -0.379 e. The number of carbonyl (C=O) groups excluding carboxylic acids is 1. The van der Waals surface area contributed by atoms with Gasteiger partial charge in [-0.05, 0) is 29.8 Å². The molecule has 3 aromatic heterocycles. The highest BCUT2D eigenvalue weighted by Crippen LogP contribution is 2.21. The molecule has 0 unspecified atom stereocenters. The van der Waals surface area contributed by atoms with Gasteiger partial charge in [-0.15, -0.1) is 10.2 Å². The molecule has 1 aliphatic heterocycles. The standard InChI is InChI=1S/C18H21N7O2/c26-18(22-15-2-1-7-25-13-21-23-17(15)25)20-12-16(14-3-5-19-6-4-14)24-8-10-27-11-9-24/h1-7,13,16H,8-12H2,(H2,20,22,26)/t16-/m1/s1. The van der Waals surface area contributed by atoms with E-state index in [9.17, 15) is 4.79 Å². The molecule has 1 fully saturated rings. The van der Waals surface area contributed by atoms with Crippen LogP contribution in [0.5, 0.6) is 0 Å². The molecule has 0 radical (unpaired) electrons. The van der Waals surface area contributed by atoms with Gasteiger partial charge in [-0.3, -0.25) is 14.3 Å². The molecule has 1 atom stereocenters. The maximum atomic E-state index is 12.5. The highest BCUT2D eigenvalue weighted by atomic mass is 16.5. The number of nitrogens with zero attached hydrogens (tertiary/aromatic N) is 5. The van der Waals surface area contributed by atoms with Crippen LogP contribution < -0.4 is 10.6 Å². The van der Waals surface area contributed by atoms with Crippen molar-refractivity contribution < 1.29 is 9.53 Å². The number of aromatic nitrogens is 4. The van der Waals surface area contributed by atoms with Crippen LogP contribution in [0, 0.1) is 0 Å². The molecule has 3 aromatic rings. The summed E-state index contributed by atoms with van der Waals surface area (Å²) in [4.78, 5) is 18.9. The first kappa shape index (κ1) is 17.4. The number of urea groups is 1. The van der Waals surface area contributed by atoms with Gasteiger partial charge in [0.05, 0.1) is 24.9 Å². The Balaban J connectivity index is 1.44. The van der Waals surface area contributed by atoms with Crippen LogP contribution in [0.3, 0.4) is 0 Å². The Labute approximate surface area is 156 Å². The van der Waals surface area contributed by atoms with E-state index >= 15 is 0 Å². The molecule has 0 saturated carbocycles. The van der Waals surface area contributed by atoms with E-state index in [1.807, 2.05) is 24.4 Å². The minimum atomic E-state index is -0.279. The van der Waals surface area contributed by atoms with Crippen LogP contribution in [-0.2, 0) is 4.74 Å². The zero-order valence-corrected chi connectivity index (χ0v) is 14.8. The van der Waals surface area contributed by atoms with Crippen molar-refractivity contribution in [2.24, 2.45) is 0 Å². The quantitative estimate of drug-likeness (QED) is 0.706. The van der Waals surface area contributed by atoms with E-state index < -0.39 is 0 Å². The highest BCUT2D eigenvalue weighted by Gasteiger charge is 2.23. The molecule has 0 spiro atoms.